The van der Waals surface area contributed by atoms with Crippen LogP contribution in [0.4, 0.5) is 0 Å². The van der Waals surface area contributed by atoms with Gasteiger partial charge in [0, 0.05) is 13.1 Å². The Morgan fingerprint density at radius 1 is 1.12 bits per heavy atom. The van der Waals surface area contributed by atoms with E-state index < -0.39 is 0 Å². The highest BCUT2D eigenvalue weighted by Crippen LogP contribution is 2.33. The first-order chi connectivity index (χ1) is 16.5. The first-order valence-corrected chi connectivity index (χ1v) is 11.6. The second kappa shape index (κ2) is 10.6. The van der Waals surface area contributed by atoms with Crippen LogP contribution in [0.1, 0.15) is 32.3 Å². The average molecular weight is 468 g/mol. The minimum atomic E-state index is -0.350. The number of carbonyl (C=O) groups excluding carboxylic acids is 1. The van der Waals surface area contributed by atoms with Crippen LogP contribution < -0.4 is 14.9 Å². The number of hydrogen-bond acceptors (Lipinski definition) is 8. The van der Waals surface area contributed by atoms with Crippen LogP contribution in [0.25, 0.3) is 11.0 Å². The molecule has 4 rings (SSSR count). The van der Waals surface area contributed by atoms with E-state index in [0.29, 0.717) is 54.3 Å². The molecule has 1 aromatic heterocycles. The van der Waals surface area contributed by atoms with Crippen molar-refractivity contribution in [1.29, 1.82) is 0 Å². The summed E-state index contributed by atoms with van der Waals surface area (Å²) in [6.45, 7) is 6.11. The van der Waals surface area contributed by atoms with Gasteiger partial charge in [0.25, 0.3) is 0 Å². The van der Waals surface area contributed by atoms with Crippen LogP contribution in [-0.2, 0) is 16.1 Å². The van der Waals surface area contributed by atoms with Gasteiger partial charge in [-0.1, -0.05) is 12.1 Å². The molecule has 0 saturated carbocycles. The van der Waals surface area contributed by atoms with Crippen LogP contribution in [0.15, 0.2) is 51.9 Å². The first kappa shape index (κ1) is 23.6. The molecule has 1 fully saturated rings. The summed E-state index contributed by atoms with van der Waals surface area (Å²) >= 11 is 0. The summed E-state index contributed by atoms with van der Waals surface area (Å²) in [5.41, 5.74) is 0.450. The number of benzene rings is 2. The molecule has 2 heterocycles. The second-order valence-corrected chi connectivity index (χ2v) is 8.18. The van der Waals surface area contributed by atoms with Gasteiger partial charge in [-0.15, -0.1) is 0 Å². The van der Waals surface area contributed by atoms with E-state index in [4.69, 9.17) is 18.6 Å². The zero-order valence-corrected chi connectivity index (χ0v) is 19.4. The molecular weight excluding hydrogens is 438 g/mol. The van der Waals surface area contributed by atoms with Crippen LogP contribution in [0, 0.1) is 5.92 Å². The summed E-state index contributed by atoms with van der Waals surface area (Å²) in [7, 11) is 0. The highest BCUT2D eigenvalue weighted by Gasteiger charge is 2.28. The van der Waals surface area contributed by atoms with Gasteiger partial charge in [0.1, 0.15) is 17.6 Å². The number of esters is 1. The highest BCUT2D eigenvalue weighted by molar-refractivity contribution is 5.83. The largest absolute Gasteiger partial charge is 0.507 e. The summed E-state index contributed by atoms with van der Waals surface area (Å²) in [4.78, 5) is 27.5. The number of hydrogen-bond donors (Lipinski definition) is 1. The maximum absolute atomic E-state index is 13.2. The Bertz CT molecular complexity index is 1220. The number of phenolic OH excluding ortho intramolecular Hbond substituents is 1. The molecule has 0 radical (unpaired) electrons. The van der Waals surface area contributed by atoms with Crippen LogP contribution in [0.5, 0.6) is 23.0 Å². The van der Waals surface area contributed by atoms with Crippen molar-refractivity contribution in [3.63, 3.8) is 0 Å². The van der Waals surface area contributed by atoms with E-state index >= 15 is 0 Å². The number of piperidine rings is 1. The summed E-state index contributed by atoms with van der Waals surface area (Å²) < 4.78 is 22.4. The third-order valence-electron chi connectivity index (χ3n) is 5.86. The molecule has 8 heteroatoms. The standard InChI is InChI=1S/C26H29NO7/c1-3-31-21-9-5-6-10-22(21)34-23-16-33-25-18(24(23)29)11-12-20(28)19(25)15-27-13-7-8-17(14-27)26(30)32-4-2/h5-6,9-12,16-17,28H,3-4,7-8,13-15H2,1-2H3. The molecule has 0 aliphatic carbocycles. The number of phenols is 1. The third kappa shape index (κ3) is 5.02. The van der Waals surface area contributed by atoms with Gasteiger partial charge in [-0.3, -0.25) is 14.5 Å². The maximum atomic E-state index is 13.2. The minimum Gasteiger partial charge on any atom is -0.507 e. The lowest BCUT2D eigenvalue weighted by Gasteiger charge is -2.31. The number of nitrogens with zero attached hydrogens (tertiary/aromatic N) is 1. The fourth-order valence-corrected chi connectivity index (χ4v) is 4.26. The Labute approximate surface area is 197 Å². The van der Waals surface area contributed by atoms with E-state index in [1.54, 1.807) is 25.1 Å². The number of ether oxygens (including phenoxy) is 3. The van der Waals surface area contributed by atoms with E-state index in [2.05, 4.69) is 4.90 Å². The fraction of sp³-hybridized carbons (Fsp3) is 0.385. The Morgan fingerprint density at radius 2 is 1.91 bits per heavy atom. The molecule has 1 N–H and O–H groups in total. The van der Waals surface area contributed by atoms with Crippen molar-refractivity contribution < 1.29 is 28.5 Å². The lowest BCUT2D eigenvalue weighted by molar-refractivity contribution is -0.150. The molecule has 2 aromatic carbocycles. The number of fused-ring (bicyclic) bond motifs is 1. The topological polar surface area (TPSA) is 98.4 Å². The van der Waals surface area contributed by atoms with Crippen LogP contribution >= 0.6 is 0 Å². The van der Waals surface area contributed by atoms with Crippen molar-refractivity contribution in [1.82, 2.24) is 4.90 Å². The molecule has 1 saturated heterocycles. The molecule has 1 aliphatic heterocycles. The van der Waals surface area contributed by atoms with E-state index in [1.165, 1.54) is 18.4 Å². The van der Waals surface area contributed by atoms with E-state index in [0.717, 1.165) is 19.4 Å². The Kier molecular flexibility index (Phi) is 7.37. The number of rotatable bonds is 8. The van der Waals surface area contributed by atoms with Gasteiger partial charge in [-0.05, 0) is 57.5 Å². The summed E-state index contributed by atoms with van der Waals surface area (Å²) in [5, 5.41) is 10.9. The minimum absolute atomic E-state index is 0.0247. The zero-order valence-electron chi connectivity index (χ0n) is 19.4. The Morgan fingerprint density at radius 3 is 2.68 bits per heavy atom. The summed E-state index contributed by atoms with van der Waals surface area (Å²) in [6, 6.07) is 10.1. The molecule has 1 atom stereocenters. The monoisotopic (exact) mass is 467 g/mol. The van der Waals surface area contributed by atoms with Crippen molar-refractivity contribution in [2.45, 2.75) is 33.2 Å². The predicted octanol–water partition coefficient (Wildman–Crippen LogP) is 4.46. The van der Waals surface area contributed by atoms with Gasteiger partial charge in [0.2, 0.25) is 11.2 Å². The number of carbonyl (C=O) groups is 1. The molecule has 180 valence electrons. The maximum Gasteiger partial charge on any atom is 0.310 e. The Hall–Kier alpha value is -3.52. The highest BCUT2D eigenvalue weighted by atomic mass is 16.5. The second-order valence-electron chi connectivity index (χ2n) is 8.18. The van der Waals surface area contributed by atoms with Gasteiger partial charge in [-0.2, -0.15) is 0 Å². The van der Waals surface area contributed by atoms with Crippen molar-refractivity contribution in [3.05, 3.63) is 58.4 Å². The lowest BCUT2D eigenvalue weighted by Crippen LogP contribution is -2.39. The average Bonchev–Trinajstić information content (AvgIpc) is 2.84. The molecule has 1 unspecified atom stereocenters. The number of likely N-dealkylation sites (tertiary alicyclic amines) is 1. The van der Waals surface area contributed by atoms with Crippen molar-refractivity contribution in [2.24, 2.45) is 5.92 Å². The van der Waals surface area contributed by atoms with Crippen LogP contribution in [0.2, 0.25) is 0 Å². The third-order valence-corrected chi connectivity index (χ3v) is 5.86. The Balaban J connectivity index is 1.61. The molecule has 34 heavy (non-hydrogen) atoms. The number of aromatic hydroxyl groups is 1. The van der Waals surface area contributed by atoms with Crippen LogP contribution in [0.3, 0.4) is 0 Å². The zero-order chi connectivity index (χ0) is 24.1. The first-order valence-electron chi connectivity index (χ1n) is 11.6. The fourth-order valence-electron chi connectivity index (χ4n) is 4.26. The molecule has 0 amide bonds. The van der Waals surface area contributed by atoms with Gasteiger partial charge in [-0.25, -0.2) is 0 Å². The van der Waals surface area contributed by atoms with Gasteiger partial charge in [0.05, 0.1) is 30.1 Å². The van der Waals surface area contributed by atoms with Gasteiger partial charge >= 0.3 is 5.97 Å². The summed E-state index contributed by atoms with van der Waals surface area (Å²) in [6.07, 6.45) is 2.87. The van der Waals surface area contributed by atoms with E-state index in [9.17, 15) is 14.7 Å². The quantitative estimate of drug-likeness (QED) is 0.485. The molecule has 3 aromatic rings. The molecule has 1 aliphatic rings. The smallest absolute Gasteiger partial charge is 0.310 e. The molecule has 0 spiro atoms. The van der Waals surface area contributed by atoms with Crippen molar-refractivity contribution in [2.75, 3.05) is 26.3 Å². The molecular formula is C26H29NO7. The van der Waals surface area contributed by atoms with E-state index in [1.807, 2.05) is 13.0 Å². The van der Waals surface area contributed by atoms with Crippen molar-refractivity contribution in [3.8, 4) is 23.0 Å². The lowest BCUT2D eigenvalue weighted by atomic mass is 9.97. The van der Waals surface area contributed by atoms with Gasteiger partial charge < -0.3 is 23.7 Å². The predicted molar refractivity (Wildman–Crippen MR) is 126 cm³/mol. The SMILES string of the molecule is CCOC(=O)C1CCCN(Cc2c(O)ccc3c(=O)c(Oc4ccccc4OCC)coc23)C1. The summed E-state index contributed by atoms with van der Waals surface area (Å²) in [5.74, 6) is 0.588. The normalized spacial score (nSPS) is 16.4. The van der Waals surface area contributed by atoms with E-state index in [-0.39, 0.29) is 28.8 Å². The van der Waals surface area contributed by atoms with Gasteiger partial charge in [0.15, 0.2) is 11.5 Å². The molecule has 8 nitrogen and oxygen atoms in total. The van der Waals surface area contributed by atoms with Crippen molar-refractivity contribution >= 4 is 16.9 Å². The molecule has 0 bridgehead atoms. The van der Waals surface area contributed by atoms with Crippen LogP contribution in [-0.4, -0.2) is 42.3 Å². The number of para-hydroxylation sites is 2.